The van der Waals surface area contributed by atoms with E-state index in [0.29, 0.717) is 17.9 Å². The van der Waals surface area contributed by atoms with Gasteiger partial charge >= 0.3 is 0 Å². The lowest BCUT2D eigenvalue weighted by Gasteiger charge is -2.32. The quantitative estimate of drug-likeness (QED) is 0.860. The lowest BCUT2D eigenvalue weighted by Crippen LogP contribution is -2.33. The van der Waals surface area contributed by atoms with Gasteiger partial charge in [0.05, 0.1) is 0 Å². The fourth-order valence-electron chi connectivity index (χ4n) is 3.02. The average Bonchev–Trinajstić information content (AvgIpc) is 2.40. The van der Waals surface area contributed by atoms with Crippen LogP contribution in [0.4, 0.5) is 8.78 Å². The van der Waals surface area contributed by atoms with Crippen LogP contribution in [0.5, 0.6) is 0 Å². The summed E-state index contributed by atoms with van der Waals surface area (Å²) in [5, 5.41) is 3.47. The third-order valence-corrected chi connectivity index (χ3v) is 4.07. The largest absolute Gasteiger partial charge is 0.314 e. The van der Waals surface area contributed by atoms with Crippen molar-refractivity contribution in [2.24, 2.45) is 5.92 Å². The molecule has 3 heteroatoms. The molecule has 1 aliphatic rings. The molecule has 0 heterocycles. The molecule has 0 saturated heterocycles. The van der Waals surface area contributed by atoms with E-state index in [1.165, 1.54) is 31.4 Å². The predicted octanol–water partition coefficient (Wildman–Crippen LogP) is 4.24. The predicted molar refractivity (Wildman–Crippen MR) is 74.2 cm³/mol. The summed E-state index contributed by atoms with van der Waals surface area (Å²) in [6.07, 6.45) is 4.67. The fraction of sp³-hybridized carbons (Fsp3) is 0.625. The zero-order chi connectivity index (χ0) is 13.8. The van der Waals surface area contributed by atoms with E-state index in [2.05, 4.69) is 19.2 Å². The zero-order valence-electron chi connectivity index (χ0n) is 11.8. The second-order valence-electron chi connectivity index (χ2n) is 5.89. The lowest BCUT2D eigenvalue weighted by molar-refractivity contribution is 0.288. The van der Waals surface area contributed by atoms with Crippen LogP contribution in [-0.2, 0) is 0 Å². The summed E-state index contributed by atoms with van der Waals surface area (Å²) in [6.45, 7) is 5.23. The van der Waals surface area contributed by atoms with Crippen LogP contribution < -0.4 is 5.32 Å². The van der Waals surface area contributed by atoms with Crippen molar-refractivity contribution >= 4 is 0 Å². The number of hydrogen-bond donors (Lipinski definition) is 1. The highest BCUT2D eigenvalue weighted by Gasteiger charge is 2.27. The molecule has 0 radical (unpaired) electrons. The Balaban J connectivity index is 2.11. The van der Waals surface area contributed by atoms with Gasteiger partial charge in [-0.15, -0.1) is 0 Å². The fourth-order valence-corrected chi connectivity index (χ4v) is 3.02. The molecule has 0 spiro atoms. The molecule has 1 fully saturated rings. The number of hydrogen-bond acceptors (Lipinski definition) is 1. The minimum Gasteiger partial charge on any atom is -0.314 e. The first-order valence-corrected chi connectivity index (χ1v) is 7.26. The molecule has 1 aromatic rings. The van der Waals surface area contributed by atoms with Gasteiger partial charge in [-0.1, -0.05) is 32.8 Å². The molecule has 0 aromatic heterocycles. The van der Waals surface area contributed by atoms with Crippen LogP contribution in [0, 0.1) is 17.6 Å². The maximum absolute atomic E-state index is 13.4. The van der Waals surface area contributed by atoms with E-state index < -0.39 is 11.6 Å². The van der Waals surface area contributed by atoms with Crippen LogP contribution in [0.1, 0.15) is 51.0 Å². The number of rotatable bonds is 4. The molecule has 2 unspecified atom stereocenters. The summed E-state index contributed by atoms with van der Waals surface area (Å²) in [5.74, 6) is -0.592. The minimum atomic E-state index is -0.753. The molecule has 0 amide bonds. The zero-order valence-corrected chi connectivity index (χ0v) is 11.8. The van der Waals surface area contributed by atoms with E-state index in [1.807, 2.05) is 0 Å². The van der Waals surface area contributed by atoms with Crippen molar-refractivity contribution in [3.05, 3.63) is 35.4 Å². The molecule has 0 aliphatic heterocycles. The van der Waals surface area contributed by atoms with Gasteiger partial charge in [0.25, 0.3) is 0 Å². The smallest absolute Gasteiger partial charge is 0.159 e. The molecule has 1 saturated carbocycles. The van der Waals surface area contributed by atoms with Crippen LogP contribution in [0.15, 0.2) is 18.2 Å². The van der Waals surface area contributed by atoms with Gasteiger partial charge in [0, 0.05) is 6.04 Å². The molecule has 1 aromatic carbocycles. The Morgan fingerprint density at radius 3 is 2.58 bits per heavy atom. The summed E-state index contributed by atoms with van der Waals surface area (Å²) in [4.78, 5) is 0. The van der Waals surface area contributed by atoms with Gasteiger partial charge in [0.1, 0.15) is 0 Å². The second-order valence-corrected chi connectivity index (χ2v) is 5.89. The number of halogens is 2. The van der Waals surface area contributed by atoms with Crippen molar-refractivity contribution in [2.45, 2.75) is 51.5 Å². The van der Waals surface area contributed by atoms with Crippen LogP contribution in [0.25, 0.3) is 0 Å². The molecular formula is C16H23F2N. The van der Waals surface area contributed by atoms with Crippen LogP contribution in [-0.4, -0.2) is 12.6 Å². The summed E-state index contributed by atoms with van der Waals surface area (Å²) in [7, 11) is 0. The van der Waals surface area contributed by atoms with E-state index in [9.17, 15) is 8.78 Å². The Morgan fingerprint density at radius 2 is 1.89 bits per heavy atom. The van der Waals surface area contributed by atoms with E-state index >= 15 is 0 Å². The van der Waals surface area contributed by atoms with Crippen molar-refractivity contribution in [1.29, 1.82) is 0 Å². The van der Waals surface area contributed by atoms with Crippen molar-refractivity contribution in [3.8, 4) is 0 Å². The van der Waals surface area contributed by atoms with Crippen molar-refractivity contribution < 1.29 is 8.78 Å². The second kappa shape index (κ2) is 6.47. The standard InChI is InChI=1S/C16H23F2N/c1-11(2)19-10-13-5-3-4-6-14(13)12-7-8-15(17)16(18)9-12/h7-9,11,13-14,19H,3-6,10H2,1-2H3. The molecule has 2 atom stereocenters. The van der Waals surface area contributed by atoms with Gasteiger partial charge in [-0.3, -0.25) is 0 Å². The average molecular weight is 267 g/mol. The topological polar surface area (TPSA) is 12.0 Å². The summed E-state index contributed by atoms with van der Waals surface area (Å²) in [5.41, 5.74) is 0.953. The van der Waals surface area contributed by atoms with Crippen LogP contribution in [0.2, 0.25) is 0 Å². The van der Waals surface area contributed by atoms with E-state index in [-0.39, 0.29) is 0 Å². The highest BCUT2D eigenvalue weighted by atomic mass is 19.2. The van der Waals surface area contributed by atoms with Gasteiger partial charge < -0.3 is 5.32 Å². The molecule has 19 heavy (non-hydrogen) atoms. The molecular weight excluding hydrogens is 244 g/mol. The molecule has 2 rings (SSSR count). The Hall–Kier alpha value is -0.960. The van der Waals surface area contributed by atoms with Gasteiger partial charge in [0.15, 0.2) is 11.6 Å². The Morgan fingerprint density at radius 1 is 1.16 bits per heavy atom. The highest BCUT2D eigenvalue weighted by Crippen LogP contribution is 2.37. The normalized spacial score (nSPS) is 23.8. The monoisotopic (exact) mass is 267 g/mol. The molecule has 1 aliphatic carbocycles. The van der Waals surface area contributed by atoms with Crippen LogP contribution in [0.3, 0.4) is 0 Å². The first-order chi connectivity index (χ1) is 9.08. The number of nitrogens with one attached hydrogen (secondary N) is 1. The van der Waals surface area contributed by atoms with Gasteiger partial charge in [-0.2, -0.15) is 0 Å². The lowest BCUT2D eigenvalue weighted by atomic mass is 9.75. The van der Waals surface area contributed by atoms with Gasteiger partial charge in [-0.25, -0.2) is 8.78 Å². The molecule has 0 bridgehead atoms. The third kappa shape index (κ3) is 3.75. The van der Waals surface area contributed by atoms with Crippen molar-refractivity contribution in [2.75, 3.05) is 6.54 Å². The highest BCUT2D eigenvalue weighted by molar-refractivity contribution is 5.23. The number of benzene rings is 1. The Kier molecular flexibility index (Phi) is 4.92. The van der Waals surface area contributed by atoms with Crippen molar-refractivity contribution in [1.82, 2.24) is 5.32 Å². The van der Waals surface area contributed by atoms with E-state index in [4.69, 9.17) is 0 Å². The summed E-state index contributed by atoms with van der Waals surface area (Å²) in [6, 6.07) is 4.85. The van der Waals surface area contributed by atoms with Crippen molar-refractivity contribution in [3.63, 3.8) is 0 Å². The van der Waals surface area contributed by atoms with Gasteiger partial charge in [0.2, 0.25) is 0 Å². The summed E-state index contributed by atoms with van der Waals surface area (Å²) < 4.78 is 26.4. The molecule has 1 N–H and O–H groups in total. The minimum absolute atomic E-state index is 0.357. The summed E-state index contributed by atoms with van der Waals surface area (Å²) >= 11 is 0. The van der Waals surface area contributed by atoms with Gasteiger partial charge in [-0.05, 0) is 48.9 Å². The maximum Gasteiger partial charge on any atom is 0.159 e. The Bertz CT molecular complexity index is 417. The van der Waals surface area contributed by atoms with Crippen LogP contribution >= 0.6 is 0 Å². The first-order valence-electron chi connectivity index (χ1n) is 7.26. The molecule has 1 nitrogen and oxygen atoms in total. The SMILES string of the molecule is CC(C)NCC1CCCCC1c1ccc(F)c(F)c1. The Labute approximate surface area is 114 Å². The molecule has 106 valence electrons. The third-order valence-electron chi connectivity index (χ3n) is 4.07. The van der Waals surface area contributed by atoms with E-state index in [1.54, 1.807) is 6.07 Å². The maximum atomic E-state index is 13.4. The first kappa shape index (κ1) is 14.4. The van der Waals surface area contributed by atoms with E-state index in [0.717, 1.165) is 18.5 Å².